The maximum Gasteiger partial charge on any atom is 0.352 e. The number of rotatable bonds is 4. The fourth-order valence-corrected chi connectivity index (χ4v) is 5.31. The molecule has 158 valence electrons. The van der Waals surface area contributed by atoms with Crippen LogP contribution in [-0.2, 0) is 4.74 Å². The molecule has 0 bridgehead atoms. The molecule has 1 aliphatic carbocycles. The highest BCUT2D eigenvalue weighted by Crippen LogP contribution is 2.45. The van der Waals surface area contributed by atoms with Crippen molar-refractivity contribution in [3.8, 4) is 5.75 Å². The van der Waals surface area contributed by atoms with E-state index in [4.69, 9.17) is 4.74 Å². The van der Waals surface area contributed by atoms with Gasteiger partial charge in [-0.05, 0) is 31.9 Å². The van der Waals surface area contributed by atoms with Crippen LogP contribution in [0, 0.1) is 5.82 Å². The summed E-state index contributed by atoms with van der Waals surface area (Å²) in [5.74, 6) is -1.49. The van der Waals surface area contributed by atoms with Gasteiger partial charge in [0.15, 0.2) is 10.6 Å². The fourth-order valence-electron chi connectivity index (χ4n) is 4.14. The minimum atomic E-state index is -0.658. The third-order valence-corrected chi connectivity index (χ3v) is 6.87. The van der Waals surface area contributed by atoms with Gasteiger partial charge in [0, 0.05) is 37.6 Å². The molecule has 0 amide bonds. The Morgan fingerprint density at radius 3 is 2.73 bits per heavy atom. The maximum absolute atomic E-state index is 15.0. The number of fused-ring (bicyclic) bond motifs is 2. The van der Waals surface area contributed by atoms with Gasteiger partial charge in [0.05, 0.1) is 17.8 Å². The quantitative estimate of drug-likeness (QED) is 0.618. The summed E-state index contributed by atoms with van der Waals surface area (Å²) in [6.45, 7) is 4.76. The van der Waals surface area contributed by atoms with Crippen LogP contribution in [0.3, 0.4) is 0 Å². The molecular weight excluding hydrogens is 409 g/mol. The number of ether oxygens (including phenoxy) is 1. The number of pyridine rings is 1. The Balaban J connectivity index is 1.80. The molecule has 30 heavy (non-hydrogen) atoms. The van der Waals surface area contributed by atoms with Gasteiger partial charge in [-0.15, -0.1) is 11.3 Å². The van der Waals surface area contributed by atoms with Crippen LogP contribution in [-0.4, -0.2) is 48.4 Å². The molecule has 2 N–H and O–H groups in total. The van der Waals surface area contributed by atoms with E-state index >= 15 is 4.39 Å². The molecule has 1 aliphatic heterocycles. The van der Waals surface area contributed by atoms with Gasteiger partial charge in [0.2, 0.25) is 5.43 Å². The number of benzene rings is 1. The molecule has 0 spiro atoms. The van der Waals surface area contributed by atoms with Crippen LogP contribution in [0.25, 0.3) is 21.1 Å². The van der Waals surface area contributed by atoms with Crippen molar-refractivity contribution in [2.24, 2.45) is 0 Å². The fraction of sp³-hybridized carbons (Fsp3) is 0.429. The van der Waals surface area contributed by atoms with Gasteiger partial charge in [-0.1, -0.05) is 0 Å². The second kappa shape index (κ2) is 7.24. The average molecular weight is 431 g/mol. The summed E-state index contributed by atoms with van der Waals surface area (Å²) in [6.07, 6.45) is 1.86. The van der Waals surface area contributed by atoms with Crippen molar-refractivity contribution in [1.82, 2.24) is 9.88 Å². The molecule has 1 saturated carbocycles. The highest BCUT2D eigenvalue weighted by Gasteiger charge is 2.32. The van der Waals surface area contributed by atoms with E-state index in [1.165, 1.54) is 6.07 Å². The molecule has 0 radical (unpaired) electrons. The van der Waals surface area contributed by atoms with E-state index in [-0.39, 0.29) is 34.0 Å². The van der Waals surface area contributed by atoms with Crippen LogP contribution < -0.4 is 15.6 Å². The Hall–Kier alpha value is -2.65. The summed E-state index contributed by atoms with van der Waals surface area (Å²) in [5, 5.41) is 14.2. The molecule has 2 aliphatic rings. The zero-order chi connectivity index (χ0) is 21.0. The predicted octanol–water partition coefficient (Wildman–Crippen LogP) is 2.98. The summed E-state index contributed by atoms with van der Waals surface area (Å²) in [7, 11) is 0. The Morgan fingerprint density at radius 1 is 1.33 bits per heavy atom. The van der Waals surface area contributed by atoms with Gasteiger partial charge in [0.25, 0.3) is 0 Å². The number of nitrogens with one attached hydrogen (secondary N) is 1. The summed E-state index contributed by atoms with van der Waals surface area (Å²) in [6, 6.07) is 3.18. The standard InChI is InChI=1S/C21H22FN3O4S/c1-2-29-21(28)19-18(27)16-17(26)12-9-13(22)15(24-7-5-23-6-8-24)10-14(12)25(11-3-4-11)20(16)30-19/h9-11,23,27H,2-8H2,1H3. The number of aromatic hydroxyl groups is 1. The summed E-state index contributed by atoms with van der Waals surface area (Å²) < 4.78 is 22.0. The van der Waals surface area contributed by atoms with E-state index in [1.807, 2.05) is 9.47 Å². The lowest BCUT2D eigenvalue weighted by Gasteiger charge is -2.30. The number of nitrogens with zero attached hydrogens (tertiary/aromatic N) is 2. The SMILES string of the molecule is CCOC(=O)c1sc2c(c1O)c(=O)c1cc(F)c(N3CCNCC3)cc1n2C1CC1. The molecule has 3 aromatic rings. The maximum atomic E-state index is 15.0. The summed E-state index contributed by atoms with van der Waals surface area (Å²) >= 11 is 1.06. The highest BCUT2D eigenvalue weighted by atomic mass is 32.1. The van der Waals surface area contributed by atoms with E-state index < -0.39 is 17.2 Å². The molecule has 2 fully saturated rings. The van der Waals surface area contributed by atoms with Crippen molar-refractivity contribution in [1.29, 1.82) is 0 Å². The van der Waals surface area contributed by atoms with Crippen molar-refractivity contribution < 1.29 is 19.0 Å². The second-order valence-corrected chi connectivity index (χ2v) is 8.67. The van der Waals surface area contributed by atoms with Gasteiger partial charge in [-0.2, -0.15) is 0 Å². The second-order valence-electron chi connectivity index (χ2n) is 7.67. The highest BCUT2D eigenvalue weighted by molar-refractivity contribution is 7.21. The van der Waals surface area contributed by atoms with Crippen LogP contribution >= 0.6 is 11.3 Å². The van der Waals surface area contributed by atoms with Gasteiger partial charge in [-0.3, -0.25) is 4.79 Å². The van der Waals surface area contributed by atoms with Crippen molar-refractivity contribution in [2.45, 2.75) is 25.8 Å². The van der Waals surface area contributed by atoms with Crippen LogP contribution in [0.4, 0.5) is 10.1 Å². The van der Waals surface area contributed by atoms with Gasteiger partial charge in [0.1, 0.15) is 16.0 Å². The Morgan fingerprint density at radius 2 is 2.07 bits per heavy atom. The van der Waals surface area contributed by atoms with Crippen molar-refractivity contribution >= 4 is 44.1 Å². The third kappa shape index (κ3) is 2.95. The lowest BCUT2D eigenvalue weighted by molar-refractivity contribution is 0.0529. The van der Waals surface area contributed by atoms with Crippen LogP contribution in [0.1, 0.15) is 35.5 Å². The average Bonchev–Trinajstić information content (AvgIpc) is 3.51. The number of hydrogen-bond acceptors (Lipinski definition) is 7. The molecule has 0 unspecified atom stereocenters. The molecule has 2 aromatic heterocycles. The molecule has 7 nitrogen and oxygen atoms in total. The van der Waals surface area contributed by atoms with Crippen molar-refractivity contribution in [3.05, 3.63) is 33.1 Å². The zero-order valence-electron chi connectivity index (χ0n) is 16.5. The minimum absolute atomic E-state index is 0.0106. The number of thiophene rings is 1. The van der Waals surface area contributed by atoms with Crippen LogP contribution in [0.2, 0.25) is 0 Å². The normalized spacial score (nSPS) is 17.1. The smallest absolute Gasteiger partial charge is 0.352 e. The van der Waals surface area contributed by atoms with E-state index in [2.05, 4.69) is 5.32 Å². The summed E-state index contributed by atoms with van der Waals surface area (Å²) in [5.41, 5.74) is 0.650. The predicted molar refractivity (Wildman–Crippen MR) is 115 cm³/mol. The monoisotopic (exact) mass is 431 g/mol. The number of hydrogen-bond donors (Lipinski definition) is 2. The van der Waals surface area contributed by atoms with Gasteiger partial charge in [-0.25, -0.2) is 9.18 Å². The number of carbonyl (C=O) groups is 1. The summed E-state index contributed by atoms with van der Waals surface area (Å²) in [4.78, 5) is 28.0. The first kappa shape index (κ1) is 19.3. The van der Waals surface area contributed by atoms with Crippen LogP contribution in [0.15, 0.2) is 16.9 Å². The third-order valence-electron chi connectivity index (χ3n) is 5.71. The molecule has 3 heterocycles. The zero-order valence-corrected chi connectivity index (χ0v) is 17.4. The number of anilines is 1. The van der Waals surface area contributed by atoms with Crippen LogP contribution in [0.5, 0.6) is 5.75 Å². The lowest BCUT2D eigenvalue weighted by atomic mass is 10.1. The molecular formula is C21H22FN3O4S. The number of piperazine rings is 1. The molecule has 1 aromatic carbocycles. The first-order chi connectivity index (χ1) is 14.5. The molecule has 0 atom stereocenters. The lowest BCUT2D eigenvalue weighted by Crippen LogP contribution is -2.43. The van der Waals surface area contributed by atoms with Crippen molar-refractivity contribution in [2.75, 3.05) is 37.7 Å². The molecule has 9 heteroatoms. The number of aromatic nitrogens is 1. The van der Waals surface area contributed by atoms with E-state index in [1.54, 1.807) is 13.0 Å². The Labute approximate surface area is 175 Å². The van der Waals surface area contributed by atoms with E-state index in [9.17, 15) is 14.7 Å². The first-order valence-corrected chi connectivity index (χ1v) is 11.0. The minimum Gasteiger partial charge on any atom is -0.505 e. The molecule has 5 rings (SSSR count). The van der Waals surface area contributed by atoms with Crippen molar-refractivity contribution in [3.63, 3.8) is 0 Å². The largest absolute Gasteiger partial charge is 0.505 e. The first-order valence-electron chi connectivity index (χ1n) is 10.2. The topological polar surface area (TPSA) is 83.8 Å². The Bertz CT molecular complexity index is 1220. The van der Waals surface area contributed by atoms with E-state index in [0.29, 0.717) is 29.1 Å². The van der Waals surface area contributed by atoms with Gasteiger partial charge >= 0.3 is 5.97 Å². The number of esters is 1. The van der Waals surface area contributed by atoms with Gasteiger partial charge < -0.3 is 24.6 Å². The van der Waals surface area contributed by atoms with E-state index in [0.717, 1.165) is 37.3 Å². The number of carbonyl (C=O) groups excluding carboxylic acids is 1. The Kier molecular flexibility index (Phi) is 4.67. The molecule has 1 saturated heterocycles. The number of halogens is 1.